The normalized spacial score (nSPS) is 16.0. The van der Waals surface area contributed by atoms with E-state index in [-0.39, 0.29) is 27.3 Å². The number of imide groups is 1. The second-order valence-corrected chi connectivity index (χ2v) is 6.67. The van der Waals surface area contributed by atoms with Gasteiger partial charge in [0, 0.05) is 22.7 Å². The van der Waals surface area contributed by atoms with Crippen LogP contribution in [0.15, 0.2) is 23.1 Å². The van der Waals surface area contributed by atoms with Crippen LogP contribution >= 0.6 is 23.4 Å². The Morgan fingerprint density at radius 2 is 2.12 bits per heavy atom. The molecule has 0 saturated carbocycles. The molecule has 132 valence electrons. The Kier molecular flexibility index (Phi) is 5.81. The summed E-state index contributed by atoms with van der Waals surface area (Å²) in [5.41, 5.74) is 0.0292. The fraction of sp³-hybridized carbons (Fsp3) is 0.267. The Labute approximate surface area is 151 Å². The minimum absolute atomic E-state index is 0.0183. The molecule has 1 aliphatic heterocycles. The topological polar surface area (TPSA) is 107 Å². The number of hydrogen-bond donors (Lipinski definition) is 0. The van der Waals surface area contributed by atoms with Gasteiger partial charge in [-0.2, -0.15) is 0 Å². The third-order valence-electron chi connectivity index (χ3n) is 3.00. The maximum Gasteiger partial charge on any atom is 0.326 e. The van der Waals surface area contributed by atoms with Gasteiger partial charge in [0.05, 0.1) is 15.9 Å². The lowest BCUT2D eigenvalue weighted by Crippen LogP contribution is -2.35. The highest BCUT2D eigenvalue weighted by atomic mass is 35.5. The number of nitro benzene ring substituents is 1. The van der Waals surface area contributed by atoms with Crippen LogP contribution in [0.3, 0.4) is 0 Å². The summed E-state index contributed by atoms with van der Waals surface area (Å²) in [5, 5.41) is 10.4. The quantitative estimate of drug-likeness (QED) is 0.332. The number of hydrogen-bond acceptors (Lipinski definition) is 7. The van der Waals surface area contributed by atoms with E-state index in [4.69, 9.17) is 16.3 Å². The summed E-state index contributed by atoms with van der Waals surface area (Å²) >= 11 is 6.60. The second-order valence-electron chi connectivity index (χ2n) is 5.27. The van der Waals surface area contributed by atoms with Gasteiger partial charge in [0.15, 0.2) is 0 Å². The molecular formula is C15H13ClN2O6S. The first-order chi connectivity index (χ1) is 11.7. The summed E-state index contributed by atoms with van der Waals surface area (Å²) < 4.78 is 4.91. The number of ether oxygens (including phenoxy) is 1. The van der Waals surface area contributed by atoms with Crippen molar-refractivity contribution in [3.63, 3.8) is 0 Å². The Hall–Kier alpha value is -2.39. The van der Waals surface area contributed by atoms with Gasteiger partial charge < -0.3 is 4.74 Å². The Balaban J connectivity index is 2.24. The molecule has 0 spiro atoms. The standard InChI is InChI=1S/C15H13ClN2O6S/c1-8(2)24-13(19)7-17-14(20)12(25-15(17)21)6-9-5-10(18(22)23)3-4-11(9)16/h3-6,8H,7H2,1-2H3/b12-6+. The van der Waals surface area contributed by atoms with Gasteiger partial charge in [0.2, 0.25) is 0 Å². The van der Waals surface area contributed by atoms with E-state index in [0.29, 0.717) is 11.8 Å². The van der Waals surface area contributed by atoms with Gasteiger partial charge in [-0.1, -0.05) is 11.6 Å². The number of amides is 2. The van der Waals surface area contributed by atoms with Crippen molar-refractivity contribution in [3.8, 4) is 0 Å². The first-order valence-electron chi connectivity index (χ1n) is 7.08. The lowest BCUT2D eigenvalue weighted by molar-refractivity contribution is -0.384. The molecule has 0 unspecified atom stereocenters. The van der Waals surface area contributed by atoms with Gasteiger partial charge in [-0.15, -0.1) is 0 Å². The Bertz CT molecular complexity index is 792. The van der Waals surface area contributed by atoms with Gasteiger partial charge in [-0.05, 0) is 37.8 Å². The predicted octanol–water partition coefficient (Wildman–Crippen LogP) is 3.24. The summed E-state index contributed by atoms with van der Waals surface area (Å²) in [7, 11) is 0. The number of esters is 1. The molecule has 0 aromatic heterocycles. The molecule has 2 amide bonds. The van der Waals surface area contributed by atoms with Crippen molar-refractivity contribution in [2.24, 2.45) is 0 Å². The van der Waals surface area contributed by atoms with E-state index >= 15 is 0 Å². The van der Waals surface area contributed by atoms with Crippen LogP contribution in [0.1, 0.15) is 19.4 Å². The number of nitrogens with zero attached hydrogens (tertiary/aromatic N) is 2. The number of carbonyl (C=O) groups excluding carboxylic acids is 3. The predicted molar refractivity (Wildman–Crippen MR) is 92.0 cm³/mol. The van der Waals surface area contributed by atoms with Crippen LogP contribution in [-0.4, -0.2) is 39.6 Å². The zero-order chi connectivity index (χ0) is 18.7. The van der Waals surface area contributed by atoms with Crippen molar-refractivity contribution < 1.29 is 24.0 Å². The number of thioether (sulfide) groups is 1. The van der Waals surface area contributed by atoms with Gasteiger partial charge in [0.25, 0.3) is 16.8 Å². The van der Waals surface area contributed by atoms with Gasteiger partial charge in [-0.25, -0.2) is 0 Å². The molecule has 2 rings (SSSR count). The van der Waals surface area contributed by atoms with Crippen molar-refractivity contribution in [2.75, 3.05) is 6.54 Å². The number of rotatable bonds is 5. The highest BCUT2D eigenvalue weighted by molar-refractivity contribution is 8.18. The molecule has 1 aliphatic rings. The largest absolute Gasteiger partial charge is 0.462 e. The molecule has 0 bridgehead atoms. The summed E-state index contributed by atoms with van der Waals surface area (Å²) in [5.74, 6) is -1.38. The Morgan fingerprint density at radius 1 is 1.44 bits per heavy atom. The van der Waals surface area contributed by atoms with Crippen LogP contribution in [-0.2, 0) is 14.3 Å². The van der Waals surface area contributed by atoms with Gasteiger partial charge in [-0.3, -0.25) is 29.4 Å². The number of benzene rings is 1. The fourth-order valence-corrected chi connectivity index (χ4v) is 2.96. The van der Waals surface area contributed by atoms with Crippen LogP contribution in [0.5, 0.6) is 0 Å². The zero-order valence-corrected chi connectivity index (χ0v) is 14.8. The minimum Gasteiger partial charge on any atom is -0.462 e. The third-order valence-corrected chi connectivity index (χ3v) is 4.26. The van der Waals surface area contributed by atoms with Crippen LogP contribution in [0.2, 0.25) is 5.02 Å². The molecule has 1 heterocycles. The summed E-state index contributed by atoms with van der Waals surface area (Å²) in [6, 6.07) is 3.76. The minimum atomic E-state index is -0.702. The molecular weight excluding hydrogens is 372 g/mol. The molecule has 8 nitrogen and oxygen atoms in total. The van der Waals surface area contributed by atoms with E-state index < -0.39 is 28.6 Å². The SMILES string of the molecule is CC(C)OC(=O)CN1C(=O)S/C(=C/c2cc([N+](=O)[O-])ccc2Cl)C1=O. The van der Waals surface area contributed by atoms with E-state index in [2.05, 4.69) is 0 Å². The molecule has 1 fully saturated rings. The molecule has 1 aromatic rings. The van der Waals surface area contributed by atoms with E-state index in [0.717, 1.165) is 4.90 Å². The van der Waals surface area contributed by atoms with E-state index in [1.165, 1.54) is 24.3 Å². The molecule has 0 aliphatic carbocycles. The number of nitro groups is 1. The number of non-ortho nitro benzene ring substituents is 1. The van der Waals surface area contributed by atoms with Crippen molar-refractivity contribution in [1.82, 2.24) is 4.90 Å². The van der Waals surface area contributed by atoms with E-state index in [1.54, 1.807) is 13.8 Å². The van der Waals surface area contributed by atoms with Crippen molar-refractivity contribution in [1.29, 1.82) is 0 Å². The highest BCUT2D eigenvalue weighted by Gasteiger charge is 2.37. The monoisotopic (exact) mass is 384 g/mol. The van der Waals surface area contributed by atoms with Crippen LogP contribution in [0.25, 0.3) is 6.08 Å². The molecule has 0 radical (unpaired) electrons. The lowest BCUT2D eigenvalue weighted by Gasteiger charge is -2.13. The van der Waals surface area contributed by atoms with Crippen LogP contribution in [0, 0.1) is 10.1 Å². The number of carbonyl (C=O) groups is 3. The molecule has 1 aromatic carbocycles. The molecule has 0 N–H and O–H groups in total. The maximum absolute atomic E-state index is 12.3. The van der Waals surface area contributed by atoms with Gasteiger partial charge >= 0.3 is 5.97 Å². The second kappa shape index (κ2) is 7.66. The van der Waals surface area contributed by atoms with E-state index in [1.807, 2.05) is 0 Å². The Morgan fingerprint density at radius 3 is 2.72 bits per heavy atom. The smallest absolute Gasteiger partial charge is 0.326 e. The maximum atomic E-state index is 12.3. The molecule has 25 heavy (non-hydrogen) atoms. The highest BCUT2D eigenvalue weighted by Crippen LogP contribution is 2.34. The first-order valence-corrected chi connectivity index (χ1v) is 8.27. The lowest BCUT2D eigenvalue weighted by atomic mass is 10.2. The fourth-order valence-electron chi connectivity index (χ4n) is 1.96. The summed E-state index contributed by atoms with van der Waals surface area (Å²) in [4.78, 5) is 46.9. The molecule has 10 heteroatoms. The van der Waals surface area contributed by atoms with Crippen LogP contribution < -0.4 is 0 Å². The third kappa shape index (κ3) is 4.58. The first kappa shape index (κ1) is 18.9. The summed E-state index contributed by atoms with van der Waals surface area (Å²) in [6.07, 6.45) is 0.917. The number of halogens is 1. The summed E-state index contributed by atoms with van der Waals surface area (Å²) in [6.45, 7) is 2.80. The van der Waals surface area contributed by atoms with Crippen molar-refractivity contribution in [2.45, 2.75) is 20.0 Å². The van der Waals surface area contributed by atoms with Gasteiger partial charge in [0.1, 0.15) is 6.54 Å². The van der Waals surface area contributed by atoms with Crippen molar-refractivity contribution in [3.05, 3.63) is 43.8 Å². The van der Waals surface area contributed by atoms with Crippen molar-refractivity contribution >= 4 is 52.2 Å². The average Bonchev–Trinajstić information content (AvgIpc) is 2.76. The molecule has 1 saturated heterocycles. The average molecular weight is 385 g/mol. The zero-order valence-electron chi connectivity index (χ0n) is 13.2. The van der Waals surface area contributed by atoms with Crippen LogP contribution in [0.4, 0.5) is 10.5 Å². The molecule has 0 atom stereocenters. The van der Waals surface area contributed by atoms with E-state index in [9.17, 15) is 24.5 Å².